The van der Waals surface area contributed by atoms with Crippen molar-refractivity contribution in [3.63, 3.8) is 0 Å². The molecule has 4 atom stereocenters. The Bertz CT molecular complexity index is 170. The molecule has 2 aliphatic carbocycles. The van der Waals surface area contributed by atoms with Crippen LogP contribution in [-0.4, -0.2) is 6.71 Å². The summed E-state index contributed by atoms with van der Waals surface area (Å²) in [6.07, 6.45) is 9.18. The lowest BCUT2D eigenvalue weighted by molar-refractivity contribution is 0.560. The van der Waals surface area contributed by atoms with Crippen LogP contribution in [0.4, 0.5) is 0 Å². The molecular formula is C13H26B-. The predicted octanol–water partition coefficient (Wildman–Crippen LogP) is 4.22. The van der Waals surface area contributed by atoms with Crippen LogP contribution in [0.15, 0.2) is 0 Å². The fourth-order valence-corrected chi connectivity index (χ4v) is 4.75. The minimum absolute atomic E-state index is 0.148. The molecule has 0 aromatic carbocycles. The first-order chi connectivity index (χ1) is 6.70. The molecule has 0 amide bonds. The third-order valence-corrected chi connectivity index (χ3v) is 5.73. The highest BCUT2D eigenvalue weighted by Crippen LogP contribution is 2.47. The van der Waals surface area contributed by atoms with Gasteiger partial charge in [0.05, 0.1) is 0 Å². The second-order valence-corrected chi connectivity index (χ2v) is 6.39. The van der Waals surface area contributed by atoms with Crippen LogP contribution in [0.3, 0.4) is 0 Å². The van der Waals surface area contributed by atoms with Crippen LogP contribution in [0.2, 0.25) is 18.5 Å². The maximum Gasteiger partial charge on any atom is -0.0123 e. The Balaban J connectivity index is 1.96. The van der Waals surface area contributed by atoms with E-state index in [0.717, 1.165) is 23.5 Å². The molecule has 2 saturated carbocycles. The highest BCUT2D eigenvalue weighted by atomic mass is 14.3. The molecule has 0 N–H and O–H groups in total. The molecule has 0 nitrogen and oxygen atoms in total. The van der Waals surface area contributed by atoms with Gasteiger partial charge in [-0.25, -0.2) is 0 Å². The summed E-state index contributed by atoms with van der Waals surface area (Å²) in [5, 5.41) is 0. The molecule has 0 aromatic rings. The zero-order valence-corrected chi connectivity index (χ0v) is 10.3. The van der Waals surface area contributed by atoms with Crippen molar-refractivity contribution in [1.29, 1.82) is 0 Å². The van der Waals surface area contributed by atoms with Crippen molar-refractivity contribution in [1.82, 2.24) is 0 Å². The van der Waals surface area contributed by atoms with E-state index in [1.54, 1.807) is 12.8 Å². The Morgan fingerprint density at radius 2 is 1.21 bits per heavy atom. The highest BCUT2D eigenvalue weighted by Gasteiger charge is 2.31. The first-order valence-electron chi connectivity index (χ1n) is 6.98. The van der Waals surface area contributed by atoms with Crippen molar-refractivity contribution < 1.29 is 0 Å². The second-order valence-electron chi connectivity index (χ2n) is 6.39. The van der Waals surface area contributed by atoms with E-state index in [1.807, 2.05) is 0 Å². The van der Waals surface area contributed by atoms with E-state index in [2.05, 4.69) is 20.7 Å². The van der Waals surface area contributed by atoms with E-state index in [-0.39, 0.29) is 6.71 Å². The van der Waals surface area contributed by atoms with Gasteiger partial charge in [0.2, 0.25) is 0 Å². The molecule has 82 valence electrons. The van der Waals surface area contributed by atoms with Gasteiger partial charge in [-0.05, 0) is 6.71 Å². The van der Waals surface area contributed by atoms with Crippen LogP contribution in [0.5, 0.6) is 0 Å². The lowest BCUT2D eigenvalue weighted by Gasteiger charge is -2.37. The zero-order chi connectivity index (χ0) is 10.1. The predicted molar refractivity (Wildman–Crippen MR) is 66.5 cm³/mol. The van der Waals surface area contributed by atoms with Crippen LogP contribution in [0, 0.1) is 11.8 Å². The van der Waals surface area contributed by atoms with Crippen LogP contribution in [0.25, 0.3) is 0 Å². The van der Waals surface area contributed by atoms with Gasteiger partial charge in [-0.3, -0.25) is 0 Å². The van der Waals surface area contributed by atoms with E-state index in [4.69, 9.17) is 0 Å². The van der Waals surface area contributed by atoms with Gasteiger partial charge in [-0.1, -0.05) is 64.2 Å². The maximum absolute atomic E-state index is 2.62. The molecule has 2 rings (SSSR count). The largest absolute Gasteiger partial charge is 0.192 e. The van der Waals surface area contributed by atoms with E-state index in [9.17, 15) is 0 Å². The molecule has 1 heteroatoms. The topological polar surface area (TPSA) is 0 Å². The first-order valence-corrected chi connectivity index (χ1v) is 6.98. The number of rotatable bonds is 2. The standard InChI is InChI=1S/C13H26B/c1-10-6-4-8-12(10)14(3)13-9-5-7-11(13)2/h10-14H,4-9H2,1-3H3/q-1. The highest BCUT2D eigenvalue weighted by molar-refractivity contribution is 6.61. The van der Waals surface area contributed by atoms with Gasteiger partial charge < -0.3 is 0 Å². The van der Waals surface area contributed by atoms with Crippen molar-refractivity contribution >= 4 is 6.71 Å². The summed E-state index contributed by atoms with van der Waals surface area (Å²) in [4.78, 5) is 0. The monoisotopic (exact) mass is 193 g/mol. The first kappa shape index (κ1) is 10.6. The average Bonchev–Trinajstić information content (AvgIpc) is 2.73. The Labute approximate surface area is 89.9 Å². The van der Waals surface area contributed by atoms with Crippen LogP contribution >= 0.6 is 0 Å². The molecule has 4 unspecified atom stereocenters. The molecule has 2 fully saturated rings. The van der Waals surface area contributed by atoms with Gasteiger partial charge in [0.1, 0.15) is 0 Å². The molecule has 0 heterocycles. The normalized spacial score (nSPS) is 45.6. The lowest BCUT2D eigenvalue weighted by atomic mass is 9.32. The number of hydrogen-bond acceptors (Lipinski definition) is 0. The fourth-order valence-electron chi connectivity index (χ4n) is 4.75. The Morgan fingerprint density at radius 1 is 0.786 bits per heavy atom. The number of hydrogen-bond donors (Lipinski definition) is 0. The van der Waals surface area contributed by atoms with E-state index >= 15 is 0 Å². The van der Waals surface area contributed by atoms with E-state index < -0.39 is 0 Å². The molecule has 14 heavy (non-hydrogen) atoms. The quantitative estimate of drug-likeness (QED) is 0.576. The minimum atomic E-state index is 0.148. The van der Waals surface area contributed by atoms with Crippen molar-refractivity contribution in [3.8, 4) is 0 Å². The minimum Gasteiger partial charge on any atom is -0.192 e. The third-order valence-electron chi connectivity index (χ3n) is 5.73. The van der Waals surface area contributed by atoms with Crippen LogP contribution in [-0.2, 0) is 0 Å². The maximum atomic E-state index is 2.62. The van der Waals surface area contributed by atoms with Gasteiger partial charge >= 0.3 is 0 Å². The van der Waals surface area contributed by atoms with Crippen LogP contribution < -0.4 is 0 Å². The molecule has 0 bridgehead atoms. The molecular weight excluding hydrogens is 167 g/mol. The van der Waals surface area contributed by atoms with Gasteiger partial charge in [0.15, 0.2) is 0 Å². The van der Waals surface area contributed by atoms with E-state index in [0.29, 0.717) is 0 Å². The molecule has 2 aliphatic rings. The summed E-state index contributed by atoms with van der Waals surface area (Å²) >= 11 is 0. The second kappa shape index (κ2) is 4.29. The molecule has 0 radical (unpaired) electrons. The summed E-state index contributed by atoms with van der Waals surface area (Å²) in [6.45, 7) is 7.77. The van der Waals surface area contributed by atoms with Crippen molar-refractivity contribution in [2.75, 3.05) is 0 Å². The SMILES string of the molecule is C[BH-](C1CCCC1C)C1CCCC1C. The molecule has 0 aromatic heterocycles. The van der Waals surface area contributed by atoms with Crippen molar-refractivity contribution in [2.45, 2.75) is 70.8 Å². The lowest BCUT2D eigenvalue weighted by Crippen LogP contribution is -2.26. The summed E-state index contributed by atoms with van der Waals surface area (Å²) in [5.41, 5.74) is 0. The average molecular weight is 193 g/mol. The summed E-state index contributed by atoms with van der Waals surface area (Å²) in [6, 6.07) is 0. The Hall–Kier alpha value is 0.0649. The van der Waals surface area contributed by atoms with Crippen molar-refractivity contribution in [2.24, 2.45) is 11.8 Å². The summed E-state index contributed by atoms with van der Waals surface area (Å²) < 4.78 is 0. The third kappa shape index (κ3) is 1.88. The van der Waals surface area contributed by atoms with Gasteiger partial charge in [-0.15, -0.1) is 0 Å². The fraction of sp³-hybridized carbons (Fsp3) is 1.00. The molecule has 0 spiro atoms. The molecule has 0 saturated heterocycles. The zero-order valence-electron chi connectivity index (χ0n) is 10.3. The summed E-state index contributed by atoms with van der Waals surface area (Å²) in [5.74, 6) is 4.38. The van der Waals surface area contributed by atoms with Gasteiger partial charge in [0.25, 0.3) is 0 Å². The van der Waals surface area contributed by atoms with E-state index in [1.165, 1.54) is 25.7 Å². The molecule has 0 aliphatic heterocycles. The van der Waals surface area contributed by atoms with Crippen molar-refractivity contribution in [3.05, 3.63) is 0 Å². The smallest absolute Gasteiger partial charge is 0.0123 e. The van der Waals surface area contributed by atoms with Crippen LogP contribution in [0.1, 0.15) is 52.4 Å². The summed E-state index contributed by atoms with van der Waals surface area (Å²) in [7, 11) is 0. The van der Waals surface area contributed by atoms with Gasteiger partial charge in [-0.2, -0.15) is 18.5 Å². The Kier molecular flexibility index (Phi) is 3.24. The Morgan fingerprint density at radius 3 is 1.50 bits per heavy atom. The van der Waals surface area contributed by atoms with Gasteiger partial charge in [0, 0.05) is 0 Å².